The highest BCUT2D eigenvalue weighted by atomic mass is 16.5. The summed E-state index contributed by atoms with van der Waals surface area (Å²) in [4.78, 5) is 0. The van der Waals surface area contributed by atoms with E-state index in [-0.39, 0.29) is 6.10 Å². The zero-order valence-electron chi connectivity index (χ0n) is 7.02. The van der Waals surface area contributed by atoms with Crippen LogP contribution in [0.2, 0.25) is 0 Å². The van der Waals surface area contributed by atoms with Crippen molar-refractivity contribution >= 4 is 0 Å². The van der Waals surface area contributed by atoms with E-state index >= 15 is 0 Å². The molecule has 60 valence electrons. The summed E-state index contributed by atoms with van der Waals surface area (Å²) in [5.41, 5.74) is 1.09. The summed E-state index contributed by atoms with van der Waals surface area (Å²) in [5, 5.41) is 0. The van der Waals surface area contributed by atoms with Crippen LogP contribution in [-0.4, -0.2) is 26.9 Å². The third kappa shape index (κ3) is 2.99. The summed E-state index contributed by atoms with van der Waals surface area (Å²) in [6.45, 7) is 6.52. The summed E-state index contributed by atoms with van der Waals surface area (Å²) in [6, 6.07) is 0. The first-order valence-electron chi connectivity index (χ1n) is 3.45. The van der Waals surface area contributed by atoms with Gasteiger partial charge in [-0.25, -0.2) is 0 Å². The van der Waals surface area contributed by atoms with E-state index in [1.807, 2.05) is 0 Å². The Morgan fingerprint density at radius 2 is 2.10 bits per heavy atom. The van der Waals surface area contributed by atoms with Gasteiger partial charge in [-0.2, -0.15) is 0 Å². The molecular formula is C8H16O2. The van der Waals surface area contributed by atoms with Crippen molar-refractivity contribution in [3.05, 3.63) is 12.2 Å². The lowest BCUT2D eigenvalue weighted by Crippen LogP contribution is -2.18. The molecule has 1 unspecified atom stereocenters. The fraction of sp³-hybridized carbons (Fsp3) is 0.750. The smallest absolute Gasteiger partial charge is 0.101 e. The van der Waals surface area contributed by atoms with E-state index in [0.717, 1.165) is 12.0 Å². The Morgan fingerprint density at radius 3 is 2.40 bits per heavy atom. The lowest BCUT2D eigenvalue weighted by Gasteiger charge is -2.15. The van der Waals surface area contributed by atoms with Crippen molar-refractivity contribution in [2.24, 2.45) is 0 Å². The van der Waals surface area contributed by atoms with E-state index in [2.05, 4.69) is 13.5 Å². The lowest BCUT2D eigenvalue weighted by molar-refractivity contribution is 0.0491. The van der Waals surface area contributed by atoms with Crippen LogP contribution in [0.1, 0.15) is 13.3 Å². The highest BCUT2D eigenvalue weighted by Crippen LogP contribution is 2.07. The Balaban J connectivity index is 3.68. The van der Waals surface area contributed by atoms with Gasteiger partial charge in [0.05, 0.1) is 6.61 Å². The van der Waals surface area contributed by atoms with Gasteiger partial charge in [0.1, 0.15) is 6.10 Å². The van der Waals surface area contributed by atoms with Crippen LogP contribution in [0.25, 0.3) is 0 Å². The van der Waals surface area contributed by atoms with Crippen molar-refractivity contribution in [3.8, 4) is 0 Å². The number of hydrogen-bond acceptors (Lipinski definition) is 2. The molecule has 0 aromatic rings. The summed E-state index contributed by atoms with van der Waals surface area (Å²) in [5.74, 6) is 0. The zero-order valence-corrected chi connectivity index (χ0v) is 7.02. The molecule has 0 heterocycles. The second kappa shape index (κ2) is 5.45. The minimum absolute atomic E-state index is 0.0648. The molecule has 0 saturated heterocycles. The molecule has 0 N–H and O–H groups in total. The van der Waals surface area contributed by atoms with E-state index in [0.29, 0.717) is 6.61 Å². The summed E-state index contributed by atoms with van der Waals surface area (Å²) >= 11 is 0. The van der Waals surface area contributed by atoms with Crippen molar-refractivity contribution in [2.45, 2.75) is 19.4 Å². The molecule has 0 aromatic heterocycles. The van der Waals surface area contributed by atoms with Crippen LogP contribution >= 0.6 is 0 Å². The minimum Gasteiger partial charge on any atom is -0.382 e. The van der Waals surface area contributed by atoms with Crippen molar-refractivity contribution in [1.29, 1.82) is 0 Å². The molecule has 0 aliphatic carbocycles. The molecule has 10 heavy (non-hydrogen) atoms. The molecule has 2 nitrogen and oxygen atoms in total. The SMILES string of the molecule is C=C(CC)C(COC)OC. The largest absolute Gasteiger partial charge is 0.382 e. The van der Waals surface area contributed by atoms with Crippen LogP contribution in [0.4, 0.5) is 0 Å². The van der Waals surface area contributed by atoms with Gasteiger partial charge in [0.2, 0.25) is 0 Å². The van der Waals surface area contributed by atoms with Crippen molar-refractivity contribution in [2.75, 3.05) is 20.8 Å². The normalized spacial score (nSPS) is 13.1. The van der Waals surface area contributed by atoms with Gasteiger partial charge in [-0.1, -0.05) is 13.5 Å². The minimum atomic E-state index is 0.0648. The van der Waals surface area contributed by atoms with Gasteiger partial charge in [-0.15, -0.1) is 0 Å². The molecule has 0 fully saturated rings. The Hall–Kier alpha value is -0.340. The molecule has 0 amide bonds. The molecular weight excluding hydrogens is 128 g/mol. The van der Waals surface area contributed by atoms with Crippen LogP contribution in [0.15, 0.2) is 12.2 Å². The predicted octanol–water partition coefficient (Wildman–Crippen LogP) is 1.61. The maximum atomic E-state index is 5.12. The first-order chi connectivity index (χ1) is 4.76. The van der Waals surface area contributed by atoms with Gasteiger partial charge < -0.3 is 9.47 Å². The van der Waals surface area contributed by atoms with Crippen LogP contribution in [0.5, 0.6) is 0 Å². The fourth-order valence-corrected chi connectivity index (χ4v) is 0.732. The van der Waals surface area contributed by atoms with Crippen molar-refractivity contribution < 1.29 is 9.47 Å². The number of hydrogen-bond donors (Lipinski definition) is 0. The number of rotatable bonds is 5. The lowest BCUT2D eigenvalue weighted by atomic mass is 10.1. The van der Waals surface area contributed by atoms with Gasteiger partial charge in [0, 0.05) is 14.2 Å². The second-order valence-electron chi connectivity index (χ2n) is 2.19. The average molecular weight is 144 g/mol. The van der Waals surface area contributed by atoms with Gasteiger partial charge >= 0.3 is 0 Å². The van der Waals surface area contributed by atoms with Crippen LogP contribution in [0, 0.1) is 0 Å². The Labute approximate surface area is 62.8 Å². The fourth-order valence-electron chi connectivity index (χ4n) is 0.732. The highest BCUT2D eigenvalue weighted by Gasteiger charge is 2.08. The first kappa shape index (κ1) is 9.66. The molecule has 0 aliphatic heterocycles. The first-order valence-corrected chi connectivity index (χ1v) is 3.45. The summed E-state index contributed by atoms with van der Waals surface area (Å²) in [7, 11) is 3.33. The van der Waals surface area contributed by atoms with Crippen LogP contribution in [-0.2, 0) is 9.47 Å². The maximum absolute atomic E-state index is 5.12. The maximum Gasteiger partial charge on any atom is 0.101 e. The molecule has 0 bridgehead atoms. The molecule has 2 heteroatoms. The molecule has 0 rings (SSSR count). The van der Waals surface area contributed by atoms with E-state index in [1.165, 1.54) is 0 Å². The average Bonchev–Trinajstić information content (AvgIpc) is 1.99. The quantitative estimate of drug-likeness (QED) is 0.546. The monoisotopic (exact) mass is 144 g/mol. The topological polar surface area (TPSA) is 18.5 Å². The highest BCUT2D eigenvalue weighted by molar-refractivity contribution is 5.01. The molecule has 0 radical (unpaired) electrons. The van der Waals surface area contributed by atoms with Crippen molar-refractivity contribution in [1.82, 2.24) is 0 Å². The third-order valence-corrected chi connectivity index (χ3v) is 1.51. The van der Waals surface area contributed by atoms with Crippen molar-refractivity contribution in [3.63, 3.8) is 0 Å². The van der Waals surface area contributed by atoms with Gasteiger partial charge in [0.25, 0.3) is 0 Å². The number of ether oxygens (including phenoxy) is 2. The van der Waals surface area contributed by atoms with E-state index in [9.17, 15) is 0 Å². The summed E-state index contributed by atoms with van der Waals surface area (Å²) in [6.07, 6.45) is 1.01. The molecule has 0 saturated carbocycles. The second-order valence-corrected chi connectivity index (χ2v) is 2.19. The van der Waals surface area contributed by atoms with Crippen LogP contribution in [0.3, 0.4) is 0 Å². The van der Waals surface area contributed by atoms with E-state index in [1.54, 1.807) is 14.2 Å². The number of methoxy groups -OCH3 is 2. The Morgan fingerprint density at radius 1 is 1.50 bits per heavy atom. The van der Waals surface area contributed by atoms with Crippen LogP contribution < -0.4 is 0 Å². The zero-order chi connectivity index (χ0) is 7.98. The van der Waals surface area contributed by atoms with E-state index < -0.39 is 0 Å². The standard InChI is InChI=1S/C8H16O2/c1-5-7(2)8(10-4)6-9-3/h8H,2,5-6H2,1,3-4H3. The van der Waals surface area contributed by atoms with Gasteiger partial charge in [-0.3, -0.25) is 0 Å². The molecule has 1 atom stereocenters. The Kier molecular flexibility index (Phi) is 5.26. The molecule has 0 aliphatic rings. The van der Waals surface area contributed by atoms with Gasteiger partial charge in [-0.05, 0) is 12.0 Å². The van der Waals surface area contributed by atoms with E-state index in [4.69, 9.17) is 9.47 Å². The molecule has 0 aromatic carbocycles. The summed E-state index contributed by atoms with van der Waals surface area (Å²) < 4.78 is 10.1. The van der Waals surface area contributed by atoms with Gasteiger partial charge in [0.15, 0.2) is 0 Å². The third-order valence-electron chi connectivity index (χ3n) is 1.51. The molecule has 0 spiro atoms. The predicted molar refractivity (Wildman–Crippen MR) is 42.1 cm³/mol. The Bertz CT molecular complexity index is 99.4.